The fraction of sp³-hybridized carbons (Fsp3) is 0.400. The van der Waals surface area contributed by atoms with Gasteiger partial charge in [-0.3, -0.25) is 0 Å². The Morgan fingerprint density at radius 3 is 2.28 bits per heavy atom. The summed E-state index contributed by atoms with van der Waals surface area (Å²) in [5.74, 6) is -3.96. The minimum absolute atomic E-state index is 0.0628. The van der Waals surface area contributed by atoms with Crippen molar-refractivity contribution in [2.45, 2.75) is 55.8 Å². The third-order valence-corrected chi connectivity index (χ3v) is 8.13. The van der Waals surface area contributed by atoms with Crippen LogP contribution in [-0.2, 0) is 20.8 Å². The Bertz CT molecular complexity index is 1440. The molecule has 1 heterocycles. The monoisotopic (exact) mass is 526 g/mol. The van der Waals surface area contributed by atoms with Crippen molar-refractivity contribution in [3.05, 3.63) is 64.6 Å². The summed E-state index contributed by atoms with van der Waals surface area (Å²) >= 11 is 0. The molecule has 0 amide bonds. The van der Waals surface area contributed by atoms with Crippen molar-refractivity contribution < 1.29 is 41.0 Å². The molecule has 0 fully saturated rings. The number of aliphatic hydroxyl groups is 1. The molecule has 0 saturated carbocycles. The molecule has 0 radical (unpaired) electrons. The van der Waals surface area contributed by atoms with Crippen molar-refractivity contribution in [3.63, 3.8) is 0 Å². The summed E-state index contributed by atoms with van der Waals surface area (Å²) < 4.78 is 80.9. The third-order valence-electron chi connectivity index (χ3n) is 7.02. The van der Waals surface area contributed by atoms with Gasteiger partial charge in [0.2, 0.25) is 0 Å². The van der Waals surface area contributed by atoms with Crippen molar-refractivity contribution >= 4 is 26.7 Å². The van der Waals surface area contributed by atoms with Gasteiger partial charge in [0, 0.05) is 40.7 Å². The number of aliphatic hydroxyl groups excluding tert-OH is 1. The first-order valence-corrected chi connectivity index (χ1v) is 13.2. The summed E-state index contributed by atoms with van der Waals surface area (Å²) in [4.78, 5) is 11.5. The highest BCUT2D eigenvalue weighted by Gasteiger charge is 2.39. The number of nitrogens with zero attached hydrogens (tertiary/aromatic N) is 1. The van der Waals surface area contributed by atoms with E-state index >= 15 is 0 Å². The highest BCUT2D eigenvalue weighted by Crippen LogP contribution is 2.49. The van der Waals surface area contributed by atoms with Crippen LogP contribution in [0.1, 0.15) is 67.1 Å². The lowest BCUT2D eigenvalue weighted by molar-refractivity contribution is -0.311. The standard InChI is InChI=1S/C25H25F4NO5S/c1-12(24(32)33)17-8-9-19(31)21-18-10-16(26)11-20(36(3,34)35)22(18)30(23(17)21)13(2)14-4-6-15(7-5-14)25(27,28)29/h4-7,10-13,17,19,31H,8-9H2,1-3H3,(H,32,33)/p-1/t12?,13-,17+,19+/m0/s1. The number of rotatable bonds is 5. The van der Waals surface area contributed by atoms with E-state index in [0.29, 0.717) is 11.3 Å². The van der Waals surface area contributed by atoms with Crippen molar-refractivity contribution in [1.82, 2.24) is 4.57 Å². The van der Waals surface area contributed by atoms with E-state index in [4.69, 9.17) is 0 Å². The van der Waals surface area contributed by atoms with Crippen LogP contribution in [-0.4, -0.2) is 30.3 Å². The normalized spacial score (nSPS) is 20.2. The fourth-order valence-electron chi connectivity index (χ4n) is 5.20. The van der Waals surface area contributed by atoms with Gasteiger partial charge in [-0.2, -0.15) is 13.2 Å². The van der Waals surface area contributed by atoms with Gasteiger partial charge in [0.1, 0.15) is 5.82 Å². The first kappa shape index (κ1) is 26.2. The Balaban J connectivity index is 2.10. The summed E-state index contributed by atoms with van der Waals surface area (Å²) in [5.41, 5.74) is 0.107. The van der Waals surface area contributed by atoms with E-state index in [9.17, 15) is 41.0 Å². The van der Waals surface area contributed by atoms with Gasteiger partial charge in [-0.05, 0) is 49.6 Å². The predicted octanol–water partition coefficient (Wildman–Crippen LogP) is 4.11. The molecule has 1 aromatic heterocycles. The van der Waals surface area contributed by atoms with Crippen molar-refractivity contribution in [2.75, 3.05) is 6.26 Å². The maximum Gasteiger partial charge on any atom is 0.416 e. The molecule has 194 valence electrons. The Morgan fingerprint density at radius 1 is 1.14 bits per heavy atom. The van der Waals surface area contributed by atoms with E-state index in [-0.39, 0.29) is 34.2 Å². The number of aromatic nitrogens is 1. The number of hydrogen-bond acceptors (Lipinski definition) is 5. The SMILES string of the molecule is CC(C(=O)[O-])[C@H]1CC[C@@H](O)c2c1n([C@@H](C)c1ccc(C(F)(F)F)cc1)c1c(S(C)(=O)=O)cc(F)cc21. The number of benzene rings is 2. The van der Waals surface area contributed by atoms with E-state index in [0.717, 1.165) is 30.5 Å². The Hall–Kier alpha value is -2.92. The maximum absolute atomic E-state index is 14.6. The molecule has 2 aromatic carbocycles. The molecule has 11 heteroatoms. The topological polar surface area (TPSA) is 99.4 Å². The van der Waals surface area contributed by atoms with Crippen LogP contribution >= 0.6 is 0 Å². The Labute approximate surface area is 205 Å². The zero-order chi connectivity index (χ0) is 26.7. The van der Waals surface area contributed by atoms with E-state index in [1.807, 2.05) is 0 Å². The van der Waals surface area contributed by atoms with E-state index in [1.165, 1.54) is 23.6 Å². The number of alkyl halides is 3. The van der Waals surface area contributed by atoms with Crippen LogP contribution in [0.2, 0.25) is 0 Å². The molecule has 3 aromatic rings. The van der Waals surface area contributed by atoms with E-state index in [1.54, 1.807) is 6.92 Å². The summed E-state index contributed by atoms with van der Waals surface area (Å²) in [6.07, 6.45) is -4.38. The largest absolute Gasteiger partial charge is 0.550 e. The number of aliphatic carboxylic acids is 1. The molecule has 1 aliphatic carbocycles. The molecule has 4 atom stereocenters. The second-order valence-corrected chi connectivity index (χ2v) is 11.3. The number of halogens is 4. The minimum atomic E-state index is -4.55. The fourth-order valence-corrected chi connectivity index (χ4v) is 6.09. The number of carboxylic acid groups (broad SMARTS) is 1. The molecular formula is C25H24F4NO5S-. The van der Waals surface area contributed by atoms with Gasteiger partial charge in [0.05, 0.1) is 28.1 Å². The maximum atomic E-state index is 14.6. The Kier molecular flexibility index (Phi) is 6.45. The number of carbonyl (C=O) groups is 1. The summed E-state index contributed by atoms with van der Waals surface area (Å²) in [7, 11) is -4.01. The first-order chi connectivity index (χ1) is 16.6. The lowest BCUT2D eigenvalue weighted by Gasteiger charge is -2.34. The van der Waals surface area contributed by atoms with Crippen molar-refractivity contribution in [2.24, 2.45) is 5.92 Å². The second-order valence-electron chi connectivity index (χ2n) is 9.34. The number of carbonyl (C=O) groups excluding carboxylic acids is 1. The van der Waals surface area contributed by atoms with Crippen LogP contribution in [0.5, 0.6) is 0 Å². The van der Waals surface area contributed by atoms with Gasteiger partial charge in [-0.1, -0.05) is 19.1 Å². The zero-order valence-electron chi connectivity index (χ0n) is 19.6. The average molecular weight is 527 g/mol. The predicted molar refractivity (Wildman–Crippen MR) is 121 cm³/mol. The number of carboxylic acids is 1. The number of hydrogen-bond donors (Lipinski definition) is 1. The van der Waals surface area contributed by atoms with E-state index < -0.39 is 57.3 Å². The van der Waals surface area contributed by atoms with Gasteiger partial charge >= 0.3 is 6.18 Å². The van der Waals surface area contributed by atoms with Gasteiger partial charge in [0.25, 0.3) is 0 Å². The number of sulfone groups is 1. The van der Waals surface area contributed by atoms with Gasteiger partial charge in [-0.25, -0.2) is 12.8 Å². The highest BCUT2D eigenvalue weighted by atomic mass is 32.2. The Morgan fingerprint density at radius 2 is 1.75 bits per heavy atom. The quantitative estimate of drug-likeness (QED) is 0.505. The molecule has 6 nitrogen and oxygen atoms in total. The van der Waals surface area contributed by atoms with Crippen LogP contribution in [0, 0.1) is 11.7 Å². The molecule has 1 unspecified atom stereocenters. The lowest BCUT2D eigenvalue weighted by Crippen LogP contribution is -2.36. The van der Waals surface area contributed by atoms with E-state index in [2.05, 4.69) is 0 Å². The van der Waals surface area contributed by atoms with Gasteiger partial charge in [-0.15, -0.1) is 0 Å². The highest BCUT2D eigenvalue weighted by molar-refractivity contribution is 7.91. The summed E-state index contributed by atoms with van der Waals surface area (Å²) in [6.45, 7) is 3.06. The second kappa shape index (κ2) is 8.88. The van der Waals surface area contributed by atoms with Crippen LogP contribution < -0.4 is 5.11 Å². The van der Waals surface area contributed by atoms with Crippen LogP contribution in [0.25, 0.3) is 10.9 Å². The summed E-state index contributed by atoms with van der Waals surface area (Å²) in [6, 6.07) is 5.47. The molecule has 4 rings (SSSR count). The smallest absolute Gasteiger partial charge is 0.416 e. The number of fused-ring (bicyclic) bond motifs is 3. The molecular weight excluding hydrogens is 502 g/mol. The molecule has 0 bridgehead atoms. The minimum Gasteiger partial charge on any atom is -0.550 e. The van der Waals surface area contributed by atoms with Crippen LogP contribution in [0.3, 0.4) is 0 Å². The first-order valence-electron chi connectivity index (χ1n) is 11.3. The van der Waals surface area contributed by atoms with Crippen LogP contribution in [0.15, 0.2) is 41.3 Å². The average Bonchev–Trinajstić information content (AvgIpc) is 3.12. The van der Waals surface area contributed by atoms with Gasteiger partial charge in [0.15, 0.2) is 9.84 Å². The van der Waals surface area contributed by atoms with Gasteiger partial charge < -0.3 is 19.6 Å². The zero-order valence-corrected chi connectivity index (χ0v) is 20.5. The lowest BCUT2D eigenvalue weighted by atomic mass is 9.78. The summed E-state index contributed by atoms with van der Waals surface area (Å²) in [5, 5.41) is 22.8. The van der Waals surface area contributed by atoms with Crippen molar-refractivity contribution in [1.29, 1.82) is 0 Å². The molecule has 0 spiro atoms. The molecule has 0 saturated heterocycles. The van der Waals surface area contributed by atoms with Crippen LogP contribution in [0.4, 0.5) is 17.6 Å². The molecule has 1 aliphatic rings. The third kappa shape index (κ3) is 4.39. The van der Waals surface area contributed by atoms with Crippen molar-refractivity contribution in [3.8, 4) is 0 Å². The molecule has 1 N–H and O–H groups in total. The molecule has 0 aliphatic heterocycles. The molecule has 36 heavy (non-hydrogen) atoms.